The van der Waals surface area contributed by atoms with E-state index in [2.05, 4.69) is 35.6 Å². The molecule has 0 radical (unpaired) electrons. The first-order valence-corrected chi connectivity index (χ1v) is 1.39. The molecule has 0 aromatic carbocycles. The van der Waals surface area contributed by atoms with Crippen LogP contribution in [0.25, 0.3) is 0 Å². The Balaban J connectivity index is -0.00000000900. The fourth-order valence-corrected chi connectivity index (χ4v) is 0. The minimum Gasteiger partial charge on any atom is -0.769 e. The van der Waals surface area contributed by atoms with Crippen molar-refractivity contribution in [2.75, 3.05) is 0 Å². The molecule has 0 atom stereocenters. The van der Waals surface area contributed by atoms with Crippen molar-refractivity contribution >= 4 is 35.6 Å². The molecule has 50 valence electrons. The SMILES string of the molecule is [Au+3].[O-]Cl.[O-]Cl.[O-]Cl. The van der Waals surface area contributed by atoms with Crippen LogP contribution in [0.3, 0.4) is 0 Å². The van der Waals surface area contributed by atoms with Crippen molar-refractivity contribution < 1.29 is 36.4 Å². The van der Waals surface area contributed by atoms with Gasteiger partial charge < -0.3 is 14.0 Å². The monoisotopic (exact) mass is 350 g/mol. The Kier molecular flexibility index (Phi) is 479. The largest absolute Gasteiger partial charge is 3.00 e. The van der Waals surface area contributed by atoms with E-state index in [0.717, 1.165) is 0 Å². The quantitative estimate of drug-likeness (QED) is 0.499. The van der Waals surface area contributed by atoms with Crippen molar-refractivity contribution in [3.05, 3.63) is 0 Å². The van der Waals surface area contributed by atoms with Crippen LogP contribution >= 0.6 is 35.6 Å². The maximum absolute atomic E-state index is 7.72. The Hall–Kier alpha value is 1.49. The third-order valence-corrected chi connectivity index (χ3v) is 0. The topological polar surface area (TPSA) is 69.2 Å². The van der Waals surface area contributed by atoms with E-state index in [9.17, 15) is 0 Å². The molecule has 0 aromatic heterocycles. The minimum absolute atomic E-state index is 0. The molecule has 0 amide bonds. The van der Waals surface area contributed by atoms with Crippen LogP contribution < -0.4 is 14.0 Å². The summed E-state index contributed by atoms with van der Waals surface area (Å²) in [6.45, 7) is 0. The maximum atomic E-state index is 7.72. The molecule has 0 aliphatic heterocycles. The second-order valence-corrected chi connectivity index (χ2v) is 0. The summed E-state index contributed by atoms with van der Waals surface area (Å²) in [7, 11) is 0. The summed E-state index contributed by atoms with van der Waals surface area (Å²) in [5.41, 5.74) is 0. The zero-order valence-corrected chi connectivity index (χ0v) is 7.09. The molecule has 0 aromatic rings. The van der Waals surface area contributed by atoms with E-state index in [1.54, 1.807) is 0 Å². The first kappa shape index (κ1) is 23.6. The van der Waals surface area contributed by atoms with Crippen molar-refractivity contribution in [1.82, 2.24) is 0 Å². The maximum Gasteiger partial charge on any atom is 3.00 e. The molecular formula is AuCl3O3. The third-order valence-electron chi connectivity index (χ3n) is 0. The molecule has 0 N–H and O–H groups in total. The van der Waals surface area contributed by atoms with Crippen LogP contribution in [0.4, 0.5) is 0 Å². The van der Waals surface area contributed by atoms with Gasteiger partial charge in [-0.15, -0.1) is 0 Å². The Labute approximate surface area is 71.8 Å². The second-order valence-electron chi connectivity index (χ2n) is 0. The van der Waals surface area contributed by atoms with Crippen LogP contribution in [0.1, 0.15) is 0 Å². The van der Waals surface area contributed by atoms with E-state index >= 15 is 0 Å². The van der Waals surface area contributed by atoms with Gasteiger partial charge in [0.2, 0.25) is 0 Å². The average Bonchev–Trinajstić information content (AvgIpc) is 1.81. The Morgan fingerprint density at radius 3 is 0.571 bits per heavy atom. The van der Waals surface area contributed by atoms with Crippen LogP contribution in [0.5, 0.6) is 0 Å². The van der Waals surface area contributed by atoms with Crippen molar-refractivity contribution in [2.24, 2.45) is 0 Å². The molecule has 3 nitrogen and oxygen atoms in total. The predicted octanol–water partition coefficient (Wildman–Crippen LogP) is -1.50. The van der Waals surface area contributed by atoms with Gasteiger partial charge in [-0.3, -0.25) is 0 Å². The molecular weight excluding hydrogens is 351 g/mol. The van der Waals surface area contributed by atoms with Gasteiger partial charge in [0.05, 0.1) is 0 Å². The Morgan fingerprint density at radius 2 is 0.571 bits per heavy atom. The molecule has 0 bridgehead atoms. The van der Waals surface area contributed by atoms with Crippen molar-refractivity contribution in [2.45, 2.75) is 0 Å². The number of rotatable bonds is 0. The van der Waals surface area contributed by atoms with Gasteiger partial charge in [0, 0.05) is 0 Å². The minimum atomic E-state index is 0. The van der Waals surface area contributed by atoms with Gasteiger partial charge in [-0.25, -0.2) is 35.6 Å². The number of hydrogen-bond donors (Lipinski definition) is 0. The van der Waals surface area contributed by atoms with Crippen LogP contribution in [-0.4, -0.2) is 0 Å². The second kappa shape index (κ2) is 142. The summed E-state index contributed by atoms with van der Waals surface area (Å²) in [6.07, 6.45) is 0. The molecule has 0 saturated carbocycles. The zero-order chi connectivity index (χ0) is 6.00. The van der Waals surface area contributed by atoms with Crippen molar-refractivity contribution in [1.29, 1.82) is 0 Å². The van der Waals surface area contributed by atoms with Gasteiger partial charge in [0.1, 0.15) is 0 Å². The number of hydrogen-bond acceptors (Lipinski definition) is 3. The fraction of sp³-hybridized carbons (Fsp3) is 0. The van der Waals surface area contributed by atoms with E-state index in [-0.39, 0.29) is 22.4 Å². The molecule has 0 unspecified atom stereocenters. The van der Waals surface area contributed by atoms with Gasteiger partial charge in [-0.1, -0.05) is 0 Å². The summed E-state index contributed by atoms with van der Waals surface area (Å²) in [6, 6.07) is 0. The predicted molar refractivity (Wildman–Crippen MR) is 17.6 cm³/mol. The molecule has 7 heteroatoms. The molecule has 0 rings (SSSR count). The normalized spacial score (nSPS) is 2.57. The fourth-order valence-electron chi connectivity index (χ4n) is 0. The van der Waals surface area contributed by atoms with Crippen molar-refractivity contribution in [3.63, 3.8) is 0 Å². The van der Waals surface area contributed by atoms with E-state index in [1.165, 1.54) is 0 Å². The summed E-state index contributed by atoms with van der Waals surface area (Å²) in [4.78, 5) is 0. The Morgan fingerprint density at radius 1 is 0.571 bits per heavy atom. The summed E-state index contributed by atoms with van der Waals surface area (Å²) < 4.78 is 23.2. The summed E-state index contributed by atoms with van der Waals surface area (Å²) >= 11 is 10.2. The molecule has 0 aliphatic rings. The smallest absolute Gasteiger partial charge is 0.769 e. The third kappa shape index (κ3) is 102. The molecule has 0 aliphatic carbocycles. The standard InChI is InChI=1S/Au.3ClO/c;3*1-2/q+3;3*-1. The van der Waals surface area contributed by atoms with Crippen molar-refractivity contribution in [3.8, 4) is 0 Å². The molecule has 7 heavy (non-hydrogen) atoms. The van der Waals surface area contributed by atoms with E-state index in [0.29, 0.717) is 0 Å². The van der Waals surface area contributed by atoms with E-state index in [4.69, 9.17) is 14.0 Å². The molecule has 0 fully saturated rings. The van der Waals surface area contributed by atoms with Gasteiger partial charge in [0.25, 0.3) is 0 Å². The van der Waals surface area contributed by atoms with Crippen LogP contribution in [0, 0.1) is 0 Å². The van der Waals surface area contributed by atoms with E-state index in [1.807, 2.05) is 0 Å². The van der Waals surface area contributed by atoms with Crippen LogP contribution in [0.2, 0.25) is 0 Å². The van der Waals surface area contributed by atoms with E-state index < -0.39 is 0 Å². The number of halogens is 3. The molecule has 0 spiro atoms. The van der Waals surface area contributed by atoms with Gasteiger partial charge in [0.15, 0.2) is 0 Å². The van der Waals surface area contributed by atoms with Crippen LogP contribution in [-0.2, 0) is 22.4 Å². The van der Waals surface area contributed by atoms with Gasteiger partial charge >= 0.3 is 22.4 Å². The molecule has 0 heterocycles. The summed E-state index contributed by atoms with van der Waals surface area (Å²) in [5.74, 6) is 0. The first-order chi connectivity index (χ1) is 3.00. The Bertz CT molecular complexity index is 10.1. The summed E-state index contributed by atoms with van der Waals surface area (Å²) in [5, 5.41) is 0. The zero-order valence-electron chi connectivity index (χ0n) is 2.66. The first-order valence-electron chi connectivity index (χ1n) is 0.463. The average molecular weight is 351 g/mol. The van der Waals surface area contributed by atoms with Gasteiger partial charge in [-0.05, 0) is 0 Å². The molecule has 0 saturated heterocycles. The van der Waals surface area contributed by atoms with Crippen LogP contribution in [0.15, 0.2) is 0 Å². The van der Waals surface area contributed by atoms with Gasteiger partial charge in [-0.2, -0.15) is 0 Å².